The van der Waals surface area contributed by atoms with Gasteiger partial charge in [-0.15, -0.1) is 5.10 Å². The molecule has 0 amide bonds. The summed E-state index contributed by atoms with van der Waals surface area (Å²) in [5, 5.41) is 4.31. The Kier molecular flexibility index (Phi) is 3.19. The molecule has 0 N–H and O–H groups in total. The highest BCUT2D eigenvalue weighted by molar-refractivity contribution is 7.18. The Bertz CT molecular complexity index is 749. The molecule has 0 bridgehead atoms. The number of carbonyl (C=O) groups is 1. The van der Waals surface area contributed by atoms with Gasteiger partial charge in [-0.05, 0) is 19.1 Å². The molecule has 0 aliphatic rings. The second-order valence-corrected chi connectivity index (χ2v) is 4.92. The van der Waals surface area contributed by atoms with E-state index >= 15 is 0 Å². The summed E-state index contributed by atoms with van der Waals surface area (Å²) < 4.78 is 20.0. The van der Waals surface area contributed by atoms with Gasteiger partial charge in [0.25, 0.3) is 0 Å². The molecule has 5 nitrogen and oxygen atoms in total. The minimum Gasteiger partial charge on any atom is -0.461 e. The van der Waals surface area contributed by atoms with Gasteiger partial charge in [-0.2, -0.15) is 0 Å². The highest BCUT2D eigenvalue weighted by atomic mass is 32.1. The van der Waals surface area contributed by atoms with E-state index in [0.29, 0.717) is 22.8 Å². The summed E-state index contributed by atoms with van der Waals surface area (Å²) in [5.41, 5.74) is 0.889. The molecule has 0 aliphatic carbocycles. The van der Waals surface area contributed by atoms with E-state index < -0.39 is 5.97 Å². The Morgan fingerprint density at radius 2 is 2.25 bits per heavy atom. The second kappa shape index (κ2) is 5.01. The van der Waals surface area contributed by atoms with E-state index in [2.05, 4.69) is 10.1 Å². The molecule has 0 saturated heterocycles. The lowest BCUT2D eigenvalue weighted by Gasteiger charge is -1.97. The number of benzene rings is 1. The van der Waals surface area contributed by atoms with Crippen LogP contribution in [0.3, 0.4) is 0 Å². The second-order valence-electron chi connectivity index (χ2n) is 3.96. The molecule has 0 aliphatic heterocycles. The Morgan fingerprint density at radius 3 is 2.95 bits per heavy atom. The fraction of sp³-hybridized carbons (Fsp3) is 0.154. The highest BCUT2D eigenvalue weighted by Crippen LogP contribution is 2.24. The van der Waals surface area contributed by atoms with E-state index in [1.807, 2.05) is 0 Å². The van der Waals surface area contributed by atoms with E-state index in [9.17, 15) is 9.18 Å². The van der Waals surface area contributed by atoms with Crippen molar-refractivity contribution in [2.24, 2.45) is 0 Å². The zero-order valence-corrected chi connectivity index (χ0v) is 11.4. The standard InChI is InChI=1S/C13H10FN3O2S/c1-2-19-12(18)11-16-17-7-10(15-13(17)20-11)8-5-3-4-6-9(8)14/h3-7H,2H2,1H3. The molecule has 0 unspecified atom stereocenters. The maximum atomic E-state index is 13.7. The normalized spacial score (nSPS) is 10.9. The van der Waals surface area contributed by atoms with Crippen LogP contribution in [0, 0.1) is 5.82 Å². The first-order chi connectivity index (χ1) is 9.69. The predicted molar refractivity (Wildman–Crippen MR) is 72.2 cm³/mol. The maximum Gasteiger partial charge on any atom is 0.369 e. The zero-order valence-electron chi connectivity index (χ0n) is 10.5. The van der Waals surface area contributed by atoms with Gasteiger partial charge in [-0.25, -0.2) is 18.7 Å². The average molecular weight is 291 g/mol. The summed E-state index contributed by atoms with van der Waals surface area (Å²) in [6.45, 7) is 2.02. The first kappa shape index (κ1) is 12.7. The number of imidazole rings is 1. The van der Waals surface area contributed by atoms with Crippen LogP contribution in [0.1, 0.15) is 16.7 Å². The summed E-state index contributed by atoms with van der Waals surface area (Å²) in [5.74, 6) is -0.820. The number of esters is 1. The topological polar surface area (TPSA) is 56.5 Å². The lowest BCUT2D eigenvalue weighted by Crippen LogP contribution is -2.04. The summed E-state index contributed by atoms with van der Waals surface area (Å²) in [7, 11) is 0. The van der Waals surface area contributed by atoms with Crippen LogP contribution < -0.4 is 0 Å². The Morgan fingerprint density at radius 1 is 1.45 bits per heavy atom. The van der Waals surface area contributed by atoms with Crippen LogP contribution >= 0.6 is 11.3 Å². The molecule has 3 rings (SSSR count). The number of rotatable bonds is 3. The van der Waals surface area contributed by atoms with Gasteiger partial charge in [-0.1, -0.05) is 23.5 Å². The molecule has 2 aromatic heterocycles. The number of nitrogens with zero attached hydrogens (tertiary/aromatic N) is 3. The van der Waals surface area contributed by atoms with Crippen LogP contribution in [0.15, 0.2) is 30.5 Å². The largest absolute Gasteiger partial charge is 0.461 e. The van der Waals surface area contributed by atoms with Crippen molar-refractivity contribution in [2.45, 2.75) is 6.92 Å². The van der Waals surface area contributed by atoms with Crippen LogP contribution in [0.4, 0.5) is 4.39 Å². The monoisotopic (exact) mass is 291 g/mol. The van der Waals surface area contributed by atoms with E-state index in [1.54, 1.807) is 31.3 Å². The van der Waals surface area contributed by atoms with Gasteiger partial charge in [0, 0.05) is 5.56 Å². The van der Waals surface area contributed by atoms with E-state index in [1.165, 1.54) is 10.6 Å². The van der Waals surface area contributed by atoms with Crippen LogP contribution in [-0.2, 0) is 4.74 Å². The van der Waals surface area contributed by atoms with Crippen LogP contribution in [-0.4, -0.2) is 27.2 Å². The third-order valence-corrected chi connectivity index (χ3v) is 3.55. The number of fused-ring (bicyclic) bond motifs is 1. The number of halogens is 1. The molecule has 0 spiro atoms. The van der Waals surface area contributed by atoms with Gasteiger partial charge in [0.1, 0.15) is 5.82 Å². The van der Waals surface area contributed by atoms with Crippen molar-refractivity contribution in [1.82, 2.24) is 14.6 Å². The summed E-state index contributed by atoms with van der Waals surface area (Å²) >= 11 is 1.11. The molecule has 0 fully saturated rings. The molecular formula is C13H10FN3O2S. The molecule has 2 heterocycles. The fourth-order valence-electron chi connectivity index (χ4n) is 1.77. The van der Waals surface area contributed by atoms with Gasteiger partial charge in [0.2, 0.25) is 9.97 Å². The maximum absolute atomic E-state index is 13.7. The molecule has 0 radical (unpaired) electrons. The van der Waals surface area contributed by atoms with Gasteiger partial charge in [-0.3, -0.25) is 0 Å². The summed E-state index contributed by atoms with van der Waals surface area (Å²) in [4.78, 5) is 16.3. The molecule has 1 aromatic carbocycles. The molecule has 102 valence electrons. The van der Waals surface area contributed by atoms with Crippen molar-refractivity contribution in [3.05, 3.63) is 41.3 Å². The third-order valence-electron chi connectivity index (χ3n) is 2.64. The molecule has 7 heteroatoms. The Hall–Kier alpha value is -2.28. The van der Waals surface area contributed by atoms with Gasteiger partial charge in [0.15, 0.2) is 0 Å². The van der Waals surface area contributed by atoms with E-state index in [-0.39, 0.29) is 10.8 Å². The zero-order chi connectivity index (χ0) is 14.1. The number of hydrogen-bond donors (Lipinski definition) is 0. The minimum absolute atomic E-state index is 0.231. The predicted octanol–water partition coefficient (Wildman–Crippen LogP) is 2.77. The molecule has 0 atom stereocenters. The molecule has 20 heavy (non-hydrogen) atoms. The Labute approximate surface area is 117 Å². The summed E-state index contributed by atoms with van der Waals surface area (Å²) in [6, 6.07) is 6.38. The van der Waals surface area contributed by atoms with Crippen LogP contribution in [0.5, 0.6) is 0 Å². The smallest absolute Gasteiger partial charge is 0.369 e. The first-order valence-electron chi connectivity index (χ1n) is 5.97. The molecule has 0 saturated carbocycles. The van der Waals surface area contributed by atoms with E-state index in [4.69, 9.17) is 4.74 Å². The number of hydrogen-bond acceptors (Lipinski definition) is 5. The molecule has 3 aromatic rings. The fourth-order valence-corrected chi connectivity index (χ4v) is 2.55. The number of ether oxygens (including phenoxy) is 1. The highest BCUT2D eigenvalue weighted by Gasteiger charge is 2.16. The van der Waals surface area contributed by atoms with Crippen molar-refractivity contribution in [1.29, 1.82) is 0 Å². The average Bonchev–Trinajstić information content (AvgIpc) is 2.97. The van der Waals surface area contributed by atoms with Crippen LogP contribution in [0.25, 0.3) is 16.2 Å². The lowest BCUT2D eigenvalue weighted by atomic mass is 10.1. The van der Waals surface area contributed by atoms with Crippen LogP contribution in [0.2, 0.25) is 0 Å². The number of aromatic nitrogens is 3. The lowest BCUT2D eigenvalue weighted by molar-refractivity contribution is 0.0524. The minimum atomic E-state index is -0.476. The number of carbonyl (C=O) groups excluding carboxylic acids is 1. The van der Waals surface area contributed by atoms with Crippen molar-refractivity contribution in [3.63, 3.8) is 0 Å². The molecular weight excluding hydrogens is 281 g/mol. The van der Waals surface area contributed by atoms with Gasteiger partial charge in [0.05, 0.1) is 18.5 Å². The SMILES string of the molecule is CCOC(=O)c1nn2cc(-c3ccccc3F)nc2s1. The van der Waals surface area contributed by atoms with Gasteiger partial charge >= 0.3 is 5.97 Å². The van der Waals surface area contributed by atoms with Crippen molar-refractivity contribution < 1.29 is 13.9 Å². The first-order valence-corrected chi connectivity index (χ1v) is 6.79. The third kappa shape index (κ3) is 2.16. The van der Waals surface area contributed by atoms with E-state index in [0.717, 1.165) is 11.3 Å². The van der Waals surface area contributed by atoms with Crippen molar-refractivity contribution in [2.75, 3.05) is 6.61 Å². The summed E-state index contributed by atoms with van der Waals surface area (Å²) in [6.07, 6.45) is 1.59. The van der Waals surface area contributed by atoms with Gasteiger partial charge < -0.3 is 4.74 Å². The van der Waals surface area contributed by atoms with Crippen molar-refractivity contribution >= 4 is 22.3 Å². The quantitative estimate of drug-likeness (QED) is 0.696. The van der Waals surface area contributed by atoms with Crippen molar-refractivity contribution in [3.8, 4) is 11.3 Å². The Balaban J connectivity index is 1.99.